The fourth-order valence-corrected chi connectivity index (χ4v) is 2.53. The number of nitrogens with zero attached hydrogens (tertiary/aromatic N) is 4. The summed E-state index contributed by atoms with van der Waals surface area (Å²) in [6.45, 7) is 1.86. The van der Waals surface area contributed by atoms with E-state index >= 15 is 0 Å². The predicted octanol–water partition coefficient (Wildman–Crippen LogP) is 1.40. The highest BCUT2D eigenvalue weighted by Gasteiger charge is 2.37. The smallest absolute Gasteiger partial charge is 0.183 e. The van der Waals surface area contributed by atoms with Gasteiger partial charge in [-0.05, 0) is 34.7 Å². The van der Waals surface area contributed by atoms with Crippen LogP contribution in [0.5, 0.6) is 5.75 Å². The van der Waals surface area contributed by atoms with Crippen LogP contribution in [-0.4, -0.2) is 45.1 Å². The Bertz CT molecular complexity index is 611. The normalized spacial score (nSPS) is 17.4. The van der Waals surface area contributed by atoms with Gasteiger partial charge in [-0.15, -0.1) is 5.10 Å². The van der Waals surface area contributed by atoms with E-state index in [-0.39, 0.29) is 0 Å². The van der Waals surface area contributed by atoms with Gasteiger partial charge in [-0.2, -0.15) is 0 Å². The zero-order valence-corrected chi connectivity index (χ0v) is 12.7. The first kappa shape index (κ1) is 15.2. The summed E-state index contributed by atoms with van der Waals surface area (Å²) in [6, 6.07) is 7.14. The van der Waals surface area contributed by atoms with E-state index in [2.05, 4.69) is 15.5 Å². The molecule has 0 saturated carbocycles. The van der Waals surface area contributed by atoms with Gasteiger partial charge in [0.25, 0.3) is 0 Å². The molecule has 22 heavy (non-hydrogen) atoms. The number of aliphatic hydroxyl groups is 1. The second-order valence-electron chi connectivity index (χ2n) is 5.17. The van der Waals surface area contributed by atoms with Gasteiger partial charge < -0.3 is 14.6 Å². The van der Waals surface area contributed by atoms with Gasteiger partial charge in [0.05, 0.1) is 6.54 Å². The van der Waals surface area contributed by atoms with Crippen LogP contribution in [0.2, 0.25) is 5.02 Å². The van der Waals surface area contributed by atoms with Gasteiger partial charge in [0, 0.05) is 31.1 Å². The minimum atomic E-state index is -1.03. The molecule has 1 aromatic carbocycles. The highest BCUT2D eigenvalue weighted by molar-refractivity contribution is 6.30. The van der Waals surface area contributed by atoms with Gasteiger partial charge in [0.1, 0.15) is 18.0 Å². The van der Waals surface area contributed by atoms with Crippen LogP contribution in [0, 0.1) is 0 Å². The maximum Gasteiger partial charge on any atom is 0.183 e. The van der Waals surface area contributed by atoms with Crippen molar-refractivity contribution in [3.63, 3.8) is 0 Å². The molecule has 2 aromatic rings. The lowest BCUT2D eigenvalue weighted by Crippen LogP contribution is -2.37. The van der Waals surface area contributed by atoms with E-state index in [1.54, 1.807) is 28.9 Å². The number of benzene rings is 1. The first-order chi connectivity index (χ1) is 10.7. The van der Waals surface area contributed by atoms with E-state index < -0.39 is 5.60 Å². The van der Waals surface area contributed by atoms with Crippen molar-refractivity contribution in [2.45, 2.75) is 25.0 Å². The van der Waals surface area contributed by atoms with E-state index in [4.69, 9.17) is 21.1 Å². The van der Waals surface area contributed by atoms with Gasteiger partial charge >= 0.3 is 0 Å². The van der Waals surface area contributed by atoms with Crippen molar-refractivity contribution in [3.05, 3.63) is 35.1 Å². The maximum absolute atomic E-state index is 10.7. The molecule has 0 unspecified atom stereocenters. The summed E-state index contributed by atoms with van der Waals surface area (Å²) in [7, 11) is 0. The lowest BCUT2D eigenvalue weighted by molar-refractivity contribution is -0.0760. The summed E-state index contributed by atoms with van der Waals surface area (Å²) in [5.41, 5.74) is -1.03. The molecule has 0 spiro atoms. The van der Waals surface area contributed by atoms with Gasteiger partial charge in [0.2, 0.25) is 0 Å². The Morgan fingerprint density at radius 1 is 1.27 bits per heavy atom. The Balaban J connectivity index is 1.61. The zero-order chi connectivity index (χ0) is 15.4. The lowest BCUT2D eigenvalue weighted by Gasteiger charge is -2.30. The first-order valence-corrected chi connectivity index (χ1v) is 7.50. The van der Waals surface area contributed by atoms with Crippen LogP contribution >= 0.6 is 11.6 Å². The van der Waals surface area contributed by atoms with Crippen LogP contribution in [0.15, 0.2) is 24.3 Å². The van der Waals surface area contributed by atoms with Crippen molar-refractivity contribution >= 4 is 11.6 Å². The van der Waals surface area contributed by atoms with Crippen molar-refractivity contribution in [3.8, 4) is 5.75 Å². The molecule has 1 aliphatic rings. The third kappa shape index (κ3) is 3.37. The molecule has 1 fully saturated rings. The molecular formula is C14H17ClN4O3. The molecule has 3 rings (SSSR count). The van der Waals surface area contributed by atoms with Gasteiger partial charge in [-0.3, -0.25) is 0 Å². The van der Waals surface area contributed by atoms with Crippen LogP contribution in [0.4, 0.5) is 0 Å². The number of halogens is 1. The highest BCUT2D eigenvalue weighted by atomic mass is 35.5. The van der Waals surface area contributed by atoms with Crippen molar-refractivity contribution < 1.29 is 14.6 Å². The quantitative estimate of drug-likeness (QED) is 0.895. The maximum atomic E-state index is 10.7. The molecule has 0 atom stereocenters. The summed E-state index contributed by atoms with van der Waals surface area (Å²) in [4.78, 5) is 0. The van der Waals surface area contributed by atoms with Gasteiger partial charge in [-0.1, -0.05) is 11.6 Å². The number of tetrazole rings is 1. The molecular weight excluding hydrogens is 308 g/mol. The Hall–Kier alpha value is -1.70. The van der Waals surface area contributed by atoms with E-state index in [0.717, 1.165) is 5.75 Å². The summed E-state index contributed by atoms with van der Waals surface area (Å²) in [6.07, 6.45) is 0.983. The topological polar surface area (TPSA) is 82.3 Å². The fraction of sp³-hybridized carbons (Fsp3) is 0.500. The number of ether oxygens (including phenoxy) is 2. The predicted molar refractivity (Wildman–Crippen MR) is 78.7 cm³/mol. The van der Waals surface area contributed by atoms with Crippen LogP contribution in [-0.2, 0) is 16.9 Å². The van der Waals surface area contributed by atoms with E-state index in [1.807, 2.05) is 0 Å². The number of rotatable bonds is 5. The average Bonchev–Trinajstić information content (AvgIpc) is 2.99. The van der Waals surface area contributed by atoms with Crippen molar-refractivity contribution in [1.29, 1.82) is 0 Å². The highest BCUT2D eigenvalue weighted by Crippen LogP contribution is 2.29. The molecule has 1 saturated heterocycles. The number of hydrogen-bond donors (Lipinski definition) is 1. The molecule has 1 N–H and O–H groups in total. The van der Waals surface area contributed by atoms with Crippen molar-refractivity contribution in [2.24, 2.45) is 0 Å². The van der Waals surface area contributed by atoms with Gasteiger partial charge in [-0.25, -0.2) is 4.68 Å². The summed E-state index contributed by atoms with van der Waals surface area (Å²) in [5.74, 6) is 1.19. The largest absolute Gasteiger partial charge is 0.492 e. The summed E-state index contributed by atoms with van der Waals surface area (Å²) in [5, 5.41) is 22.9. The Labute approximate surface area is 132 Å². The third-order valence-electron chi connectivity index (χ3n) is 3.65. The lowest BCUT2D eigenvalue weighted by atomic mass is 9.93. The fourth-order valence-electron chi connectivity index (χ4n) is 2.40. The molecule has 0 aliphatic carbocycles. The standard InChI is InChI=1S/C14H17ClN4O3/c15-11-1-3-12(4-2-11)22-10-7-19-13(16-17-18-19)14(20)5-8-21-9-6-14/h1-4,20H,5-10H2. The van der Waals surface area contributed by atoms with Crippen LogP contribution in [0.3, 0.4) is 0 Å². The Kier molecular flexibility index (Phi) is 4.56. The monoisotopic (exact) mass is 324 g/mol. The Morgan fingerprint density at radius 2 is 2.00 bits per heavy atom. The molecule has 1 aromatic heterocycles. The molecule has 1 aliphatic heterocycles. The molecule has 0 bridgehead atoms. The molecule has 0 radical (unpaired) electrons. The van der Waals surface area contributed by atoms with Crippen molar-refractivity contribution in [1.82, 2.24) is 20.2 Å². The van der Waals surface area contributed by atoms with Crippen LogP contribution in [0.1, 0.15) is 18.7 Å². The molecule has 8 heteroatoms. The number of aromatic nitrogens is 4. The molecule has 118 valence electrons. The minimum absolute atomic E-state index is 0.395. The van der Waals surface area contributed by atoms with E-state index in [0.29, 0.717) is 50.1 Å². The number of hydrogen-bond acceptors (Lipinski definition) is 6. The Morgan fingerprint density at radius 3 is 2.73 bits per heavy atom. The average molecular weight is 325 g/mol. The molecule has 0 amide bonds. The third-order valence-corrected chi connectivity index (χ3v) is 3.91. The second kappa shape index (κ2) is 6.60. The second-order valence-corrected chi connectivity index (χ2v) is 5.61. The molecule has 7 nitrogen and oxygen atoms in total. The zero-order valence-electron chi connectivity index (χ0n) is 12.0. The SMILES string of the molecule is OC1(c2nnnn2CCOc2ccc(Cl)cc2)CCOCC1. The van der Waals surface area contributed by atoms with Crippen molar-refractivity contribution in [2.75, 3.05) is 19.8 Å². The molecule has 2 heterocycles. The summed E-state index contributed by atoms with van der Waals surface area (Å²) < 4.78 is 12.5. The minimum Gasteiger partial charge on any atom is -0.492 e. The summed E-state index contributed by atoms with van der Waals surface area (Å²) >= 11 is 5.82. The van der Waals surface area contributed by atoms with E-state index in [1.165, 1.54) is 0 Å². The van der Waals surface area contributed by atoms with Crippen LogP contribution < -0.4 is 4.74 Å². The van der Waals surface area contributed by atoms with Crippen LogP contribution in [0.25, 0.3) is 0 Å². The first-order valence-electron chi connectivity index (χ1n) is 7.12. The van der Waals surface area contributed by atoms with E-state index in [9.17, 15) is 5.11 Å². The van der Waals surface area contributed by atoms with Gasteiger partial charge in [0.15, 0.2) is 5.82 Å².